The third-order valence-corrected chi connectivity index (χ3v) is 10.1. The van der Waals surface area contributed by atoms with Crippen LogP contribution in [-0.4, -0.2) is 72.8 Å². The van der Waals surface area contributed by atoms with Gasteiger partial charge in [-0.05, 0) is 80.6 Å². The summed E-state index contributed by atoms with van der Waals surface area (Å²) in [5.41, 5.74) is 8.83. The van der Waals surface area contributed by atoms with Gasteiger partial charge < -0.3 is 31.1 Å². The summed E-state index contributed by atoms with van der Waals surface area (Å²) >= 11 is 0. The molecule has 2 aliphatic rings. The van der Waals surface area contributed by atoms with E-state index in [-0.39, 0.29) is 41.8 Å². The van der Waals surface area contributed by atoms with Crippen LogP contribution in [0, 0.1) is 25.6 Å². The van der Waals surface area contributed by atoms with Crippen LogP contribution in [0.15, 0.2) is 97.0 Å². The molecule has 6 rings (SSSR count). The minimum absolute atomic E-state index is 0.106. The van der Waals surface area contributed by atoms with E-state index in [1.165, 1.54) is 36.7 Å². The first-order valence-electron chi connectivity index (χ1n) is 19.0. The topological polar surface area (TPSA) is 246 Å². The first-order valence-corrected chi connectivity index (χ1v) is 19.0. The molecule has 0 saturated heterocycles. The van der Waals surface area contributed by atoms with Gasteiger partial charge in [-0.1, -0.05) is 43.5 Å². The number of nitrogens with one attached hydrogen (secondary N) is 2. The Bertz CT molecular complexity index is 2140. The average molecular weight is 795 g/mol. The number of nitrogens with zero attached hydrogens (tertiary/aromatic N) is 5. The van der Waals surface area contributed by atoms with Gasteiger partial charge in [0, 0.05) is 60.6 Å². The van der Waals surface area contributed by atoms with Gasteiger partial charge in [0.05, 0.1) is 21.9 Å². The van der Waals surface area contributed by atoms with Crippen LogP contribution >= 0.6 is 0 Å². The van der Waals surface area contributed by atoms with Crippen molar-refractivity contribution in [2.75, 3.05) is 23.8 Å². The van der Waals surface area contributed by atoms with Crippen molar-refractivity contribution in [1.29, 1.82) is 0 Å². The van der Waals surface area contributed by atoms with E-state index in [4.69, 9.17) is 10.5 Å². The number of carbonyl (C=O) groups excluding carboxylic acids is 2. The third-order valence-electron chi connectivity index (χ3n) is 10.1. The first-order chi connectivity index (χ1) is 27.9. The zero-order chi connectivity index (χ0) is 41.8. The van der Waals surface area contributed by atoms with Gasteiger partial charge in [-0.15, -0.1) is 0 Å². The Morgan fingerprint density at radius 1 is 0.845 bits per heavy atom. The molecule has 1 saturated carbocycles. The number of carbonyl (C=O) groups is 3. The van der Waals surface area contributed by atoms with Crippen LogP contribution in [0.4, 0.5) is 34.4 Å². The standard InChI is InChI=1S/C25H28N4O5.C16H18N4O4/c1-2-28(21-16-22(30)25(21)12-4-3-5-13-25)20(24(31)32)15-17-8-10-18(11-9-17)27-23-19(29(33)34)7-6-14-26-23;1-2-24-16(21)13(17)10-11-5-7-12(8-6-11)19-15-14(20(22)23)4-3-9-18-15/h6-11,14,16,20H,2-5,12-13,15H2,1H3,(H,26,27)(H,31,32);3-9,13H,2,10,17H2,1H3,(H,18,19)/t20-;13-/m00/s1. The lowest BCUT2D eigenvalue weighted by Crippen LogP contribution is -2.53. The number of rotatable bonds is 16. The Morgan fingerprint density at radius 2 is 1.34 bits per heavy atom. The number of anilines is 4. The molecule has 1 spiro atoms. The summed E-state index contributed by atoms with van der Waals surface area (Å²) in [6.07, 6.45) is 9.86. The van der Waals surface area contributed by atoms with Crippen LogP contribution < -0.4 is 16.4 Å². The summed E-state index contributed by atoms with van der Waals surface area (Å²) in [6.45, 7) is 4.43. The summed E-state index contributed by atoms with van der Waals surface area (Å²) < 4.78 is 4.87. The second-order valence-corrected chi connectivity index (χ2v) is 13.8. The highest BCUT2D eigenvalue weighted by Gasteiger charge is 2.51. The fraction of sp³-hybridized carbons (Fsp3) is 0.341. The quantitative estimate of drug-likeness (QED) is 0.0528. The molecule has 2 atom stereocenters. The molecule has 0 amide bonds. The van der Waals surface area contributed by atoms with Gasteiger partial charge in [0.2, 0.25) is 11.6 Å². The molecule has 0 aliphatic heterocycles. The van der Waals surface area contributed by atoms with E-state index in [1.54, 1.807) is 61.5 Å². The number of ketones is 1. The van der Waals surface area contributed by atoms with Gasteiger partial charge in [-0.2, -0.15) is 0 Å². The molecule has 17 heteroatoms. The lowest BCUT2D eigenvalue weighted by Gasteiger charge is -2.49. The molecule has 0 unspecified atom stereocenters. The number of nitrogens with two attached hydrogens (primary N) is 1. The van der Waals surface area contributed by atoms with E-state index in [0.29, 0.717) is 24.3 Å². The number of nitro groups is 2. The lowest BCUT2D eigenvalue weighted by molar-refractivity contribution is -0.384. The fourth-order valence-electron chi connectivity index (χ4n) is 7.17. The van der Waals surface area contributed by atoms with Crippen LogP contribution in [-0.2, 0) is 32.0 Å². The molecular formula is C41H46N8O9. The number of carboxylic acids is 1. The fourth-order valence-corrected chi connectivity index (χ4v) is 7.17. The minimum atomic E-state index is -0.931. The predicted octanol–water partition coefficient (Wildman–Crippen LogP) is 6.63. The van der Waals surface area contributed by atoms with Crippen molar-refractivity contribution in [2.24, 2.45) is 11.1 Å². The molecule has 5 N–H and O–H groups in total. The maximum absolute atomic E-state index is 12.5. The minimum Gasteiger partial charge on any atom is -0.480 e. The van der Waals surface area contributed by atoms with Crippen LogP contribution in [0.5, 0.6) is 0 Å². The van der Waals surface area contributed by atoms with Gasteiger partial charge in [-0.25, -0.2) is 14.8 Å². The Morgan fingerprint density at radius 3 is 1.78 bits per heavy atom. The summed E-state index contributed by atoms with van der Waals surface area (Å²) in [5, 5.41) is 38.1. The zero-order valence-electron chi connectivity index (χ0n) is 32.2. The molecule has 2 aromatic carbocycles. The zero-order valence-corrected chi connectivity index (χ0v) is 32.2. The molecular weight excluding hydrogens is 748 g/mol. The number of hydrogen-bond acceptors (Lipinski definition) is 14. The Kier molecular flexibility index (Phi) is 14.2. The Hall–Kier alpha value is -6.75. The maximum atomic E-state index is 12.5. The molecule has 304 valence electrons. The monoisotopic (exact) mass is 794 g/mol. The van der Waals surface area contributed by atoms with Gasteiger partial charge in [0.1, 0.15) is 12.1 Å². The summed E-state index contributed by atoms with van der Waals surface area (Å²) in [6, 6.07) is 18.4. The van der Waals surface area contributed by atoms with Gasteiger partial charge >= 0.3 is 23.3 Å². The predicted molar refractivity (Wildman–Crippen MR) is 216 cm³/mol. The molecule has 58 heavy (non-hydrogen) atoms. The lowest BCUT2D eigenvalue weighted by atomic mass is 9.62. The highest BCUT2D eigenvalue weighted by atomic mass is 16.6. The molecule has 1 fully saturated rings. The first kappa shape index (κ1) is 42.4. The molecule has 0 bridgehead atoms. The number of ether oxygens (including phenoxy) is 1. The van der Waals surface area contributed by atoms with Crippen LogP contribution in [0.25, 0.3) is 0 Å². The van der Waals surface area contributed by atoms with E-state index in [2.05, 4.69) is 20.6 Å². The van der Waals surface area contributed by atoms with Crippen molar-refractivity contribution in [3.8, 4) is 0 Å². The number of aromatic nitrogens is 2. The van der Waals surface area contributed by atoms with Gasteiger partial charge in [-0.3, -0.25) is 29.8 Å². The van der Waals surface area contributed by atoms with Crippen molar-refractivity contribution in [2.45, 2.75) is 70.9 Å². The number of benzene rings is 2. The number of hydrogen-bond donors (Lipinski definition) is 4. The number of esters is 1. The highest BCUT2D eigenvalue weighted by molar-refractivity contribution is 6.05. The smallest absolute Gasteiger partial charge is 0.326 e. The second-order valence-electron chi connectivity index (χ2n) is 13.8. The molecule has 4 aromatic rings. The maximum Gasteiger partial charge on any atom is 0.326 e. The molecule has 2 aromatic heterocycles. The summed E-state index contributed by atoms with van der Waals surface area (Å²) in [5.74, 6) is -0.939. The van der Waals surface area contributed by atoms with Crippen molar-refractivity contribution >= 4 is 52.1 Å². The van der Waals surface area contributed by atoms with Gasteiger partial charge in [0.15, 0.2) is 5.78 Å². The van der Waals surface area contributed by atoms with E-state index < -0.39 is 39.3 Å². The third kappa shape index (κ3) is 10.2. The highest BCUT2D eigenvalue weighted by Crippen LogP contribution is 2.51. The average Bonchev–Trinajstić information content (AvgIpc) is 3.22. The number of allylic oxidation sites excluding steroid dienone is 2. The second kappa shape index (κ2) is 19.4. The Labute approximate surface area is 334 Å². The number of aliphatic carboxylic acids is 1. The van der Waals surface area contributed by atoms with Gasteiger partial charge in [0.25, 0.3) is 0 Å². The SMILES string of the molecule is CCN(C1=CC(=O)C12CCCCC2)[C@@H](Cc1ccc(Nc2ncccc2[N+](=O)[O-])cc1)C(=O)O.CCOC(=O)[C@@H](N)Cc1ccc(Nc2ncccc2[N+](=O)[O-])cc1. The largest absolute Gasteiger partial charge is 0.480 e. The van der Waals surface area contributed by atoms with Crippen LogP contribution in [0.3, 0.4) is 0 Å². The van der Waals surface area contributed by atoms with Crippen LogP contribution in [0.2, 0.25) is 0 Å². The van der Waals surface area contributed by atoms with Crippen molar-refractivity contribution < 1.29 is 34.1 Å². The van der Waals surface area contributed by atoms with Crippen molar-refractivity contribution in [3.63, 3.8) is 0 Å². The van der Waals surface area contributed by atoms with Crippen LogP contribution in [0.1, 0.15) is 57.1 Å². The number of carboxylic acid groups (broad SMARTS) is 1. The normalized spacial score (nSPS) is 15.0. The number of pyridine rings is 2. The van der Waals surface area contributed by atoms with E-state index in [0.717, 1.165) is 48.9 Å². The summed E-state index contributed by atoms with van der Waals surface area (Å²) in [7, 11) is 0. The molecule has 2 heterocycles. The van der Waals surface area contributed by atoms with E-state index in [1.807, 2.05) is 11.8 Å². The molecule has 17 nitrogen and oxygen atoms in total. The number of likely N-dealkylation sites (N-methyl/N-ethyl adjacent to an activating group) is 1. The van der Waals surface area contributed by atoms with E-state index >= 15 is 0 Å². The van der Waals surface area contributed by atoms with Crippen molar-refractivity contribution in [1.82, 2.24) is 14.9 Å². The Balaban J connectivity index is 0.000000235. The van der Waals surface area contributed by atoms with Crippen molar-refractivity contribution in [3.05, 3.63) is 128 Å². The van der Waals surface area contributed by atoms with E-state index in [9.17, 15) is 39.7 Å². The molecule has 0 radical (unpaired) electrons. The summed E-state index contributed by atoms with van der Waals surface area (Å²) in [4.78, 5) is 67.4. The molecule has 2 aliphatic carbocycles.